The van der Waals surface area contributed by atoms with Crippen molar-refractivity contribution in [1.29, 1.82) is 0 Å². The second-order valence-corrected chi connectivity index (χ2v) is 2.25. The molecule has 3 heteroatoms. The second kappa shape index (κ2) is 1.80. The van der Waals surface area contributed by atoms with Crippen LogP contribution in [0.3, 0.4) is 0 Å². The molecular formula is C7H7N3. The molecule has 0 radical (unpaired) electrons. The topological polar surface area (TPSA) is 30.2 Å². The molecule has 50 valence electrons. The van der Waals surface area contributed by atoms with Crippen molar-refractivity contribution in [2.24, 2.45) is 0 Å². The number of hydrogen-bond donors (Lipinski definition) is 0. The molecule has 0 saturated heterocycles. The molecule has 0 unspecified atom stereocenters. The third-order valence-electron chi connectivity index (χ3n) is 1.42. The zero-order valence-electron chi connectivity index (χ0n) is 5.65. The van der Waals surface area contributed by atoms with Gasteiger partial charge in [0.2, 0.25) is 0 Å². The Balaban J connectivity index is 2.86. The highest BCUT2D eigenvalue weighted by Gasteiger charge is 1.90. The van der Waals surface area contributed by atoms with Crippen molar-refractivity contribution in [1.82, 2.24) is 14.4 Å². The van der Waals surface area contributed by atoms with Gasteiger partial charge in [-0.2, -0.15) is 0 Å². The number of imidazole rings is 1. The summed E-state index contributed by atoms with van der Waals surface area (Å²) in [5.74, 6) is 0. The predicted octanol–water partition coefficient (Wildman–Crippen LogP) is 1.04. The summed E-state index contributed by atoms with van der Waals surface area (Å²) in [6.07, 6.45) is 7.31. The highest BCUT2D eigenvalue weighted by atomic mass is 15.0. The van der Waals surface area contributed by atoms with E-state index in [1.165, 1.54) is 0 Å². The largest absolute Gasteiger partial charge is 0.303 e. The van der Waals surface area contributed by atoms with Gasteiger partial charge in [0.15, 0.2) is 0 Å². The van der Waals surface area contributed by atoms with Crippen molar-refractivity contribution in [2.45, 2.75) is 6.92 Å². The molecule has 0 N–H and O–H groups in total. The molecule has 0 saturated carbocycles. The zero-order valence-corrected chi connectivity index (χ0v) is 5.65. The van der Waals surface area contributed by atoms with Crippen molar-refractivity contribution in [2.75, 3.05) is 0 Å². The van der Waals surface area contributed by atoms with Gasteiger partial charge >= 0.3 is 0 Å². The SMILES string of the molecule is Cc1cn2cncc2cn1. The number of rotatable bonds is 0. The van der Waals surface area contributed by atoms with E-state index in [2.05, 4.69) is 9.97 Å². The molecule has 2 rings (SSSR count). The third-order valence-corrected chi connectivity index (χ3v) is 1.42. The number of nitrogens with zero attached hydrogens (tertiary/aromatic N) is 3. The Labute approximate surface area is 58.4 Å². The van der Waals surface area contributed by atoms with E-state index in [1.807, 2.05) is 23.7 Å². The molecule has 2 aromatic rings. The Morgan fingerprint density at radius 1 is 1.40 bits per heavy atom. The molecule has 2 aromatic heterocycles. The zero-order chi connectivity index (χ0) is 6.97. The van der Waals surface area contributed by atoms with Gasteiger partial charge in [-0.25, -0.2) is 4.98 Å². The lowest BCUT2D eigenvalue weighted by Gasteiger charge is -1.92. The maximum absolute atomic E-state index is 4.12. The molecule has 0 aliphatic heterocycles. The summed E-state index contributed by atoms with van der Waals surface area (Å²) in [5.41, 5.74) is 2.04. The fourth-order valence-electron chi connectivity index (χ4n) is 0.925. The van der Waals surface area contributed by atoms with Crippen LogP contribution in [0.5, 0.6) is 0 Å². The predicted molar refractivity (Wildman–Crippen MR) is 37.7 cm³/mol. The molecule has 0 aliphatic rings. The van der Waals surface area contributed by atoms with Gasteiger partial charge in [-0.05, 0) is 6.92 Å². The molecule has 0 atom stereocenters. The van der Waals surface area contributed by atoms with Crippen LogP contribution in [-0.4, -0.2) is 14.4 Å². The normalized spacial score (nSPS) is 10.5. The number of aryl methyl sites for hydroxylation is 1. The van der Waals surface area contributed by atoms with Crippen LogP contribution in [0.2, 0.25) is 0 Å². The maximum Gasteiger partial charge on any atom is 0.0993 e. The minimum absolute atomic E-state index is 1.01. The van der Waals surface area contributed by atoms with Crippen LogP contribution >= 0.6 is 0 Å². The Morgan fingerprint density at radius 3 is 3.20 bits per heavy atom. The Morgan fingerprint density at radius 2 is 2.30 bits per heavy atom. The van der Waals surface area contributed by atoms with E-state index in [0.717, 1.165) is 11.2 Å². The molecule has 0 spiro atoms. The number of hydrogen-bond acceptors (Lipinski definition) is 2. The highest BCUT2D eigenvalue weighted by Crippen LogP contribution is 1.99. The van der Waals surface area contributed by atoms with E-state index in [0.29, 0.717) is 0 Å². The van der Waals surface area contributed by atoms with Crippen molar-refractivity contribution in [3.63, 3.8) is 0 Å². The standard InChI is InChI=1S/C7H7N3/c1-6-4-10-5-8-2-7(10)3-9-6/h2-5H,1H3. The van der Waals surface area contributed by atoms with Gasteiger partial charge in [-0.1, -0.05) is 0 Å². The van der Waals surface area contributed by atoms with E-state index in [9.17, 15) is 0 Å². The molecule has 0 aliphatic carbocycles. The van der Waals surface area contributed by atoms with E-state index >= 15 is 0 Å². The van der Waals surface area contributed by atoms with Gasteiger partial charge < -0.3 is 4.40 Å². The maximum atomic E-state index is 4.12. The third kappa shape index (κ3) is 0.673. The molecular weight excluding hydrogens is 126 g/mol. The van der Waals surface area contributed by atoms with Gasteiger partial charge in [0, 0.05) is 6.20 Å². The summed E-state index contributed by atoms with van der Waals surface area (Å²) in [4.78, 5) is 8.08. The van der Waals surface area contributed by atoms with Crippen molar-refractivity contribution >= 4 is 5.52 Å². The summed E-state index contributed by atoms with van der Waals surface area (Å²) < 4.78 is 1.95. The molecule has 10 heavy (non-hydrogen) atoms. The van der Waals surface area contributed by atoms with E-state index in [1.54, 1.807) is 12.5 Å². The first kappa shape index (κ1) is 5.41. The van der Waals surface area contributed by atoms with Crippen LogP contribution in [0.15, 0.2) is 24.9 Å². The van der Waals surface area contributed by atoms with Gasteiger partial charge in [0.05, 0.1) is 29.9 Å². The first-order valence-corrected chi connectivity index (χ1v) is 3.10. The molecule has 3 nitrogen and oxygen atoms in total. The first-order valence-electron chi connectivity index (χ1n) is 3.10. The average Bonchev–Trinajstić information content (AvgIpc) is 2.33. The number of fused-ring (bicyclic) bond motifs is 1. The summed E-state index contributed by atoms with van der Waals surface area (Å²) in [6, 6.07) is 0. The number of aromatic nitrogens is 3. The van der Waals surface area contributed by atoms with Crippen LogP contribution in [0.4, 0.5) is 0 Å². The van der Waals surface area contributed by atoms with Crippen molar-refractivity contribution in [3.8, 4) is 0 Å². The van der Waals surface area contributed by atoms with Gasteiger partial charge in [0.25, 0.3) is 0 Å². The van der Waals surface area contributed by atoms with Crippen LogP contribution < -0.4 is 0 Å². The van der Waals surface area contributed by atoms with Gasteiger partial charge in [0.1, 0.15) is 0 Å². The van der Waals surface area contributed by atoms with Gasteiger partial charge in [-0.3, -0.25) is 4.98 Å². The smallest absolute Gasteiger partial charge is 0.0993 e. The lowest BCUT2D eigenvalue weighted by atomic mass is 10.5. The van der Waals surface area contributed by atoms with Crippen LogP contribution in [0.1, 0.15) is 5.69 Å². The Kier molecular flexibility index (Phi) is 0.974. The Bertz CT molecular complexity index is 350. The van der Waals surface area contributed by atoms with Crippen molar-refractivity contribution in [3.05, 3.63) is 30.6 Å². The Hall–Kier alpha value is -1.38. The highest BCUT2D eigenvalue weighted by molar-refractivity contribution is 5.41. The van der Waals surface area contributed by atoms with Crippen LogP contribution in [-0.2, 0) is 0 Å². The minimum atomic E-state index is 1.01. The van der Waals surface area contributed by atoms with E-state index < -0.39 is 0 Å². The summed E-state index contributed by atoms with van der Waals surface area (Å²) in [6.45, 7) is 1.96. The second-order valence-electron chi connectivity index (χ2n) is 2.25. The monoisotopic (exact) mass is 133 g/mol. The molecule has 0 bridgehead atoms. The van der Waals surface area contributed by atoms with Gasteiger partial charge in [-0.15, -0.1) is 0 Å². The summed E-state index contributed by atoms with van der Waals surface area (Å²) in [5, 5.41) is 0. The lowest BCUT2D eigenvalue weighted by molar-refractivity contribution is 1.07. The fourth-order valence-corrected chi connectivity index (χ4v) is 0.925. The van der Waals surface area contributed by atoms with E-state index in [-0.39, 0.29) is 0 Å². The summed E-state index contributed by atoms with van der Waals surface area (Å²) in [7, 11) is 0. The molecule has 2 heterocycles. The average molecular weight is 133 g/mol. The van der Waals surface area contributed by atoms with Crippen LogP contribution in [0.25, 0.3) is 5.52 Å². The first-order chi connectivity index (χ1) is 4.86. The van der Waals surface area contributed by atoms with Crippen LogP contribution in [0, 0.1) is 6.92 Å². The lowest BCUT2D eigenvalue weighted by Crippen LogP contribution is -1.86. The quantitative estimate of drug-likeness (QED) is 0.537. The summed E-state index contributed by atoms with van der Waals surface area (Å²) >= 11 is 0. The van der Waals surface area contributed by atoms with E-state index in [4.69, 9.17) is 0 Å². The minimum Gasteiger partial charge on any atom is -0.303 e. The van der Waals surface area contributed by atoms with Crippen molar-refractivity contribution < 1.29 is 0 Å². The molecule has 0 aromatic carbocycles. The fraction of sp³-hybridized carbons (Fsp3) is 0.143. The molecule has 0 amide bonds. The molecule has 0 fully saturated rings.